The molecule has 2 aliphatic rings. The molecule has 2 fully saturated rings. The monoisotopic (exact) mass is 160 g/mol. The molecule has 11 heavy (non-hydrogen) atoms. The SMILES string of the molecule is O=C1CC2CCC(C1)C2(F)F. The molecule has 1 nitrogen and oxygen atoms in total. The minimum Gasteiger partial charge on any atom is -0.300 e. The Morgan fingerprint density at radius 1 is 1.18 bits per heavy atom. The van der Waals surface area contributed by atoms with Crippen LogP contribution in [-0.4, -0.2) is 11.7 Å². The van der Waals surface area contributed by atoms with Gasteiger partial charge in [-0.15, -0.1) is 0 Å². The summed E-state index contributed by atoms with van der Waals surface area (Å²) >= 11 is 0. The van der Waals surface area contributed by atoms with E-state index in [4.69, 9.17) is 0 Å². The molecule has 0 aromatic rings. The molecule has 2 aliphatic carbocycles. The van der Waals surface area contributed by atoms with E-state index in [2.05, 4.69) is 0 Å². The molecule has 2 bridgehead atoms. The van der Waals surface area contributed by atoms with Crippen molar-refractivity contribution in [3.63, 3.8) is 0 Å². The Morgan fingerprint density at radius 3 is 2.09 bits per heavy atom. The van der Waals surface area contributed by atoms with Gasteiger partial charge in [-0.05, 0) is 12.8 Å². The van der Waals surface area contributed by atoms with Crippen molar-refractivity contribution < 1.29 is 13.6 Å². The second kappa shape index (κ2) is 2.02. The molecular formula is C8H10F2O. The van der Waals surface area contributed by atoms with Crippen molar-refractivity contribution in [2.24, 2.45) is 11.8 Å². The van der Waals surface area contributed by atoms with E-state index in [-0.39, 0.29) is 18.6 Å². The van der Waals surface area contributed by atoms with Crippen LogP contribution in [-0.2, 0) is 4.79 Å². The third-order valence-electron chi connectivity index (χ3n) is 2.90. The number of rotatable bonds is 0. The van der Waals surface area contributed by atoms with Crippen LogP contribution in [0, 0.1) is 11.8 Å². The molecule has 2 rings (SSSR count). The fourth-order valence-corrected chi connectivity index (χ4v) is 2.23. The highest BCUT2D eigenvalue weighted by atomic mass is 19.3. The highest BCUT2D eigenvalue weighted by molar-refractivity contribution is 5.80. The zero-order valence-electron chi connectivity index (χ0n) is 6.15. The quantitative estimate of drug-likeness (QED) is 0.529. The first-order chi connectivity index (χ1) is 5.10. The van der Waals surface area contributed by atoms with Gasteiger partial charge in [0, 0.05) is 24.7 Å². The Kier molecular flexibility index (Phi) is 1.32. The molecule has 0 aromatic heterocycles. The first kappa shape index (κ1) is 7.19. The van der Waals surface area contributed by atoms with Gasteiger partial charge in [-0.3, -0.25) is 4.79 Å². The number of ketones is 1. The Bertz CT molecular complexity index is 182. The van der Waals surface area contributed by atoms with E-state index in [1.54, 1.807) is 0 Å². The van der Waals surface area contributed by atoms with Crippen molar-refractivity contribution in [3.05, 3.63) is 0 Å². The van der Waals surface area contributed by atoms with E-state index in [0.29, 0.717) is 12.8 Å². The lowest BCUT2D eigenvalue weighted by Crippen LogP contribution is -2.37. The zero-order valence-corrected chi connectivity index (χ0v) is 6.15. The van der Waals surface area contributed by atoms with Crippen LogP contribution in [0.2, 0.25) is 0 Å². The fraction of sp³-hybridized carbons (Fsp3) is 0.875. The van der Waals surface area contributed by atoms with E-state index in [1.807, 2.05) is 0 Å². The van der Waals surface area contributed by atoms with Gasteiger partial charge in [0.15, 0.2) is 0 Å². The fourth-order valence-electron chi connectivity index (χ4n) is 2.23. The number of halogens is 2. The van der Waals surface area contributed by atoms with Gasteiger partial charge in [0.05, 0.1) is 0 Å². The van der Waals surface area contributed by atoms with E-state index < -0.39 is 17.8 Å². The molecule has 0 radical (unpaired) electrons. The molecule has 2 saturated carbocycles. The van der Waals surface area contributed by atoms with Gasteiger partial charge in [-0.1, -0.05) is 0 Å². The smallest absolute Gasteiger partial charge is 0.254 e. The molecular weight excluding hydrogens is 150 g/mol. The van der Waals surface area contributed by atoms with Gasteiger partial charge in [-0.25, -0.2) is 8.78 Å². The zero-order chi connectivity index (χ0) is 8.06. The molecule has 0 amide bonds. The molecule has 0 heterocycles. The topological polar surface area (TPSA) is 17.1 Å². The summed E-state index contributed by atoms with van der Waals surface area (Å²) in [6.45, 7) is 0. The summed E-state index contributed by atoms with van der Waals surface area (Å²) in [7, 11) is 0. The predicted octanol–water partition coefficient (Wildman–Crippen LogP) is 2.01. The summed E-state index contributed by atoms with van der Waals surface area (Å²) in [5, 5.41) is 0. The minimum absolute atomic E-state index is 0.0309. The van der Waals surface area contributed by atoms with Crippen molar-refractivity contribution in [2.75, 3.05) is 0 Å². The standard InChI is InChI=1S/C8H10F2O/c9-8(10)5-1-2-6(8)4-7(11)3-5/h5-6H,1-4H2. The lowest BCUT2D eigenvalue weighted by Gasteiger charge is -2.28. The van der Waals surface area contributed by atoms with Gasteiger partial charge in [-0.2, -0.15) is 0 Å². The molecule has 0 saturated heterocycles. The number of alkyl halides is 2. The largest absolute Gasteiger partial charge is 0.300 e. The van der Waals surface area contributed by atoms with Gasteiger partial charge in [0.1, 0.15) is 5.78 Å². The summed E-state index contributed by atoms with van der Waals surface area (Å²) in [6, 6.07) is 0. The van der Waals surface area contributed by atoms with Gasteiger partial charge < -0.3 is 0 Å². The first-order valence-electron chi connectivity index (χ1n) is 4.00. The summed E-state index contributed by atoms with van der Waals surface area (Å²) < 4.78 is 26.2. The summed E-state index contributed by atoms with van der Waals surface area (Å²) in [5.74, 6) is -3.76. The maximum atomic E-state index is 13.1. The molecule has 62 valence electrons. The number of carbonyl (C=O) groups excluding carboxylic acids is 1. The normalized spacial score (nSPS) is 41.1. The van der Waals surface area contributed by atoms with Crippen LogP contribution in [0.1, 0.15) is 25.7 Å². The molecule has 3 heteroatoms. The summed E-state index contributed by atoms with van der Waals surface area (Å²) in [5.41, 5.74) is 0. The van der Waals surface area contributed by atoms with Crippen LogP contribution >= 0.6 is 0 Å². The average molecular weight is 160 g/mol. The second-order valence-corrected chi connectivity index (χ2v) is 3.59. The molecule has 2 atom stereocenters. The maximum absolute atomic E-state index is 13.1. The van der Waals surface area contributed by atoms with Crippen molar-refractivity contribution in [2.45, 2.75) is 31.6 Å². The maximum Gasteiger partial charge on any atom is 0.254 e. The van der Waals surface area contributed by atoms with Crippen molar-refractivity contribution in [1.29, 1.82) is 0 Å². The predicted molar refractivity (Wildman–Crippen MR) is 35.4 cm³/mol. The Balaban J connectivity index is 2.25. The lowest BCUT2D eigenvalue weighted by molar-refractivity contribution is -0.140. The van der Waals surface area contributed by atoms with Crippen molar-refractivity contribution >= 4 is 5.78 Å². The Labute approximate surface area is 63.8 Å². The third kappa shape index (κ3) is 0.898. The highest BCUT2D eigenvalue weighted by Gasteiger charge is 2.55. The number of Topliss-reactive ketones (excluding diaryl/α,β-unsaturated/α-hetero) is 1. The van der Waals surface area contributed by atoms with Crippen LogP contribution in [0.25, 0.3) is 0 Å². The highest BCUT2D eigenvalue weighted by Crippen LogP contribution is 2.51. The average Bonchev–Trinajstić information content (AvgIpc) is 2.19. The van der Waals surface area contributed by atoms with Crippen LogP contribution in [0.15, 0.2) is 0 Å². The Morgan fingerprint density at radius 2 is 1.64 bits per heavy atom. The Hall–Kier alpha value is -0.470. The second-order valence-electron chi connectivity index (χ2n) is 3.59. The summed E-state index contributed by atoms with van der Waals surface area (Å²) in [4.78, 5) is 10.9. The number of hydrogen-bond donors (Lipinski definition) is 0. The van der Waals surface area contributed by atoms with Gasteiger partial charge in [0.2, 0.25) is 0 Å². The lowest BCUT2D eigenvalue weighted by atomic mass is 9.84. The molecule has 2 unspecified atom stereocenters. The van der Waals surface area contributed by atoms with Gasteiger partial charge >= 0.3 is 0 Å². The van der Waals surface area contributed by atoms with Crippen LogP contribution in [0.3, 0.4) is 0 Å². The number of carbonyl (C=O) groups is 1. The summed E-state index contributed by atoms with van der Waals surface area (Å²) in [6.07, 6.45) is 1.32. The number of fused-ring (bicyclic) bond motifs is 2. The molecule has 0 N–H and O–H groups in total. The van der Waals surface area contributed by atoms with Crippen molar-refractivity contribution in [1.82, 2.24) is 0 Å². The van der Waals surface area contributed by atoms with E-state index in [0.717, 1.165) is 0 Å². The van der Waals surface area contributed by atoms with Crippen LogP contribution < -0.4 is 0 Å². The van der Waals surface area contributed by atoms with Crippen LogP contribution in [0.5, 0.6) is 0 Å². The molecule has 0 aromatic carbocycles. The van der Waals surface area contributed by atoms with E-state index >= 15 is 0 Å². The third-order valence-corrected chi connectivity index (χ3v) is 2.90. The van der Waals surface area contributed by atoms with Gasteiger partial charge in [0.25, 0.3) is 5.92 Å². The number of hydrogen-bond acceptors (Lipinski definition) is 1. The first-order valence-corrected chi connectivity index (χ1v) is 4.00. The molecule has 0 spiro atoms. The van der Waals surface area contributed by atoms with Crippen LogP contribution in [0.4, 0.5) is 8.78 Å². The van der Waals surface area contributed by atoms with E-state index in [9.17, 15) is 13.6 Å². The van der Waals surface area contributed by atoms with E-state index in [1.165, 1.54) is 0 Å². The van der Waals surface area contributed by atoms with Crippen molar-refractivity contribution in [3.8, 4) is 0 Å². The minimum atomic E-state index is -2.53. The molecule has 0 aliphatic heterocycles.